The molecule has 3 heteroatoms. The third-order valence-electron chi connectivity index (χ3n) is 2.28. The predicted molar refractivity (Wildman–Crippen MR) is 49.5 cm³/mol. The van der Waals surface area contributed by atoms with E-state index in [2.05, 4.69) is 0 Å². The number of carbonyl (C=O) groups excluding carboxylic acids is 1. The lowest BCUT2D eigenvalue weighted by Crippen LogP contribution is -1.98. The van der Waals surface area contributed by atoms with E-state index in [4.69, 9.17) is 10.00 Å². The van der Waals surface area contributed by atoms with E-state index in [9.17, 15) is 4.79 Å². The number of fused-ring (bicyclic) bond motifs is 1. The molecule has 1 aromatic rings. The SMILES string of the molecule is N#CCC(=O)c1ccc2c(c1)COC2. The summed E-state index contributed by atoms with van der Waals surface area (Å²) in [6.07, 6.45) is -0.0559. The van der Waals surface area contributed by atoms with Crippen LogP contribution in [0.5, 0.6) is 0 Å². The Kier molecular flexibility index (Phi) is 2.30. The number of benzene rings is 1. The first-order valence-electron chi connectivity index (χ1n) is 4.41. The average Bonchev–Trinajstić information content (AvgIpc) is 2.64. The molecule has 0 amide bonds. The summed E-state index contributed by atoms with van der Waals surface area (Å²) in [5, 5.41) is 8.40. The number of ether oxygens (including phenoxy) is 1. The van der Waals surface area contributed by atoms with Crippen molar-refractivity contribution < 1.29 is 9.53 Å². The number of rotatable bonds is 2. The summed E-state index contributed by atoms with van der Waals surface area (Å²) in [5.41, 5.74) is 2.81. The first kappa shape index (κ1) is 8.92. The van der Waals surface area contributed by atoms with Crippen LogP contribution in [-0.4, -0.2) is 5.78 Å². The van der Waals surface area contributed by atoms with Crippen molar-refractivity contribution in [2.75, 3.05) is 0 Å². The highest BCUT2D eigenvalue weighted by atomic mass is 16.5. The molecule has 70 valence electrons. The minimum Gasteiger partial charge on any atom is -0.372 e. The van der Waals surface area contributed by atoms with Gasteiger partial charge < -0.3 is 4.74 Å². The van der Waals surface area contributed by atoms with Crippen molar-refractivity contribution in [2.45, 2.75) is 19.6 Å². The van der Waals surface area contributed by atoms with Gasteiger partial charge in [-0.3, -0.25) is 4.79 Å². The van der Waals surface area contributed by atoms with Gasteiger partial charge in [-0.2, -0.15) is 5.26 Å². The molecule has 0 spiro atoms. The second kappa shape index (κ2) is 3.60. The lowest BCUT2D eigenvalue weighted by molar-refractivity contribution is 0.0997. The lowest BCUT2D eigenvalue weighted by Gasteiger charge is -1.99. The molecule has 2 rings (SSSR count). The van der Waals surface area contributed by atoms with Gasteiger partial charge in [-0.05, 0) is 17.2 Å². The number of nitriles is 1. The molecule has 1 aromatic carbocycles. The van der Waals surface area contributed by atoms with Crippen LogP contribution in [0.4, 0.5) is 0 Å². The quantitative estimate of drug-likeness (QED) is 0.663. The third-order valence-corrected chi connectivity index (χ3v) is 2.28. The van der Waals surface area contributed by atoms with Gasteiger partial charge in [-0.15, -0.1) is 0 Å². The molecule has 1 aliphatic rings. The largest absolute Gasteiger partial charge is 0.372 e. The molecule has 0 saturated carbocycles. The van der Waals surface area contributed by atoms with E-state index in [1.54, 1.807) is 6.07 Å². The molecule has 0 aromatic heterocycles. The number of carbonyl (C=O) groups is 1. The summed E-state index contributed by atoms with van der Waals surface area (Å²) < 4.78 is 5.23. The number of hydrogen-bond acceptors (Lipinski definition) is 3. The molecular weight excluding hydrogens is 178 g/mol. The van der Waals surface area contributed by atoms with Crippen LogP contribution in [0.3, 0.4) is 0 Å². The summed E-state index contributed by atoms with van der Waals surface area (Å²) >= 11 is 0. The van der Waals surface area contributed by atoms with E-state index >= 15 is 0 Å². The molecule has 0 bridgehead atoms. The number of ketones is 1. The fraction of sp³-hybridized carbons (Fsp3) is 0.273. The predicted octanol–water partition coefficient (Wildman–Crippen LogP) is 1.81. The first-order valence-corrected chi connectivity index (χ1v) is 4.41. The van der Waals surface area contributed by atoms with E-state index in [1.807, 2.05) is 18.2 Å². The fourth-order valence-electron chi connectivity index (χ4n) is 1.52. The third kappa shape index (κ3) is 1.52. The van der Waals surface area contributed by atoms with Crippen molar-refractivity contribution in [3.63, 3.8) is 0 Å². The summed E-state index contributed by atoms with van der Waals surface area (Å²) in [6.45, 7) is 1.20. The van der Waals surface area contributed by atoms with Crippen LogP contribution in [0.15, 0.2) is 18.2 Å². The Bertz CT molecular complexity index is 418. The summed E-state index contributed by atoms with van der Waals surface area (Å²) in [6, 6.07) is 7.33. The molecule has 0 unspecified atom stereocenters. The van der Waals surface area contributed by atoms with Gasteiger partial charge in [0.15, 0.2) is 5.78 Å². The van der Waals surface area contributed by atoms with Crippen LogP contribution < -0.4 is 0 Å². The molecule has 0 radical (unpaired) electrons. The van der Waals surface area contributed by atoms with Gasteiger partial charge in [0.05, 0.1) is 25.7 Å². The summed E-state index contributed by atoms with van der Waals surface area (Å²) in [7, 11) is 0. The smallest absolute Gasteiger partial charge is 0.176 e. The molecule has 0 aliphatic carbocycles. The Labute approximate surface area is 81.9 Å². The average molecular weight is 187 g/mol. The van der Waals surface area contributed by atoms with Gasteiger partial charge in [-0.1, -0.05) is 12.1 Å². The van der Waals surface area contributed by atoms with Crippen LogP contribution in [0.2, 0.25) is 0 Å². The number of nitrogens with zero attached hydrogens (tertiary/aromatic N) is 1. The highest BCUT2D eigenvalue weighted by molar-refractivity contribution is 5.97. The zero-order chi connectivity index (χ0) is 9.97. The van der Waals surface area contributed by atoms with Crippen LogP contribution in [0.1, 0.15) is 27.9 Å². The van der Waals surface area contributed by atoms with Crippen LogP contribution >= 0.6 is 0 Å². The van der Waals surface area contributed by atoms with Gasteiger partial charge in [-0.25, -0.2) is 0 Å². The van der Waals surface area contributed by atoms with Gasteiger partial charge in [0.25, 0.3) is 0 Å². The fourth-order valence-corrected chi connectivity index (χ4v) is 1.52. The van der Waals surface area contributed by atoms with E-state index < -0.39 is 0 Å². The minimum absolute atomic E-state index is 0.0559. The molecule has 14 heavy (non-hydrogen) atoms. The highest BCUT2D eigenvalue weighted by Gasteiger charge is 2.13. The van der Waals surface area contributed by atoms with E-state index in [0.29, 0.717) is 18.8 Å². The maximum Gasteiger partial charge on any atom is 0.176 e. The van der Waals surface area contributed by atoms with Crippen molar-refractivity contribution in [1.82, 2.24) is 0 Å². The van der Waals surface area contributed by atoms with Gasteiger partial charge >= 0.3 is 0 Å². The monoisotopic (exact) mass is 187 g/mol. The second-order valence-electron chi connectivity index (χ2n) is 3.23. The summed E-state index contributed by atoms with van der Waals surface area (Å²) in [4.78, 5) is 11.4. The molecule has 0 fully saturated rings. The molecular formula is C11H9NO2. The van der Waals surface area contributed by atoms with Crippen molar-refractivity contribution in [1.29, 1.82) is 5.26 Å². The standard InChI is InChI=1S/C11H9NO2/c12-4-3-11(13)8-1-2-9-6-14-7-10(9)5-8/h1-2,5H,3,6-7H2. The van der Waals surface area contributed by atoms with E-state index in [-0.39, 0.29) is 12.2 Å². The Morgan fingerprint density at radius 2 is 2.21 bits per heavy atom. The van der Waals surface area contributed by atoms with Gasteiger partial charge in [0.2, 0.25) is 0 Å². The Hall–Kier alpha value is -1.66. The molecule has 0 saturated heterocycles. The zero-order valence-corrected chi connectivity index (χ0v) is 7.62. The van der Waals surface area contributed by atoms with Gasteiger partial charge in [0.1, 0.15) is 0 Å². The lowest BCUT2D eigenvalue weighted by atomic mass is 10.0. The first-order chi connectivity index (χ1) is 6.81. The zero-order valence-electron chi connectivity index (χ0n) is 7.62. The van der Waals surface area contributed by atoms with Crippen LogP contribution in [0, 0.1) is 11.3 Å². The number of hydrogen-bond donors (Lipinski definition) is 0. The van der Waals surface area contributed by atoms with E-state index in [0.717, 1.165) is 11.1 Å². The molecule has 1 aliphatic heterocycles. The number of Topliss-reactive ketones (excluding diaryl/α,β-unsaturated/α-hetero) is 1. The Balaban J connectivity index is 2.29. The molecule has 0 atom stereocenters. The van der Waals surface area contributed by atoms with Crippen LogP contribution in [0.25, 0.3) is 0 Å². The maximum atomic E-state index is 11.4. The topological polar surface area (TPSA) is 50.1 Å². The normalized spacial score (nSPS) is 13.4. The van der Waals surface area contributed by atoms with Gasteiger partial charge in [0, 0.05) is 5.56 Å². The molecule has 0 N–H and O–H groups in total. The van der Waals surface area contributed by atoms with Crippen molar-refractivity contribution in [3.8, 4) is 6.07 Å². The molecule has 3 nitrogen and oxygen atoms in total. The van der Waals surface area contributed by atoms with Crippen molar-refractivity contribution >= 4 is 5.78 Å². The molecule has 1 heterocycles. The van der Waals surface area contributed by atoms with Crippen molar-refractivity contribution in [2.24, 2.45) is 0 Å². The highest BCUT2D eigenvalue weighted by Crippen LogP contribution is 2.21. The van der Waals surface area contributed by atoms with Crippen LogP contribution in [-0.2, 0) is 18.0 Å². The summed E-state index contributed by atoms with van der Waals surface area (Å²) in [5.74, 6) is -0.123. The minimum atomic E-state index is -0.123. The second-order valence-corrected chi connectivity index (χ2v) is 3.23. The Morgan fingerprint density at radius 3 is 3.00 bits per heavy atom. The van der Waals surface area contributed by atoms with E-state index in [1.165, 1.54) is 0 Å². The maximum absolute atomic E-state index is 11.4. The van der Waals surface area contributed by atoms with Crippen molar-refractivity contribution in [3.05, 3.63) is 34.9 Å². The Morgan fingerprint density at radius 1 is 1.43 bits per heavy atom.